The zero-order chi connectivity index (χ0) is 22.2. The van der Waals surface area contributed by atoms with Crippen LogP contribution in [-0.2, 0) is 6.54 Å². The Morgan fingerprint density at radius 2 is 1.88 bits per heavy atom. The molecule has 1 fully saturated rings. The van der Waals surface area contributed by atoms with Gasteiger partial charge in [0.1, 0.15) is 11.5 Å². The smallest absolute Gasteiger partial charge is 0.417 e. The van der Waals surface area contributed by atoms with E-state index in [-0.39, 0.29) is 0 Å². The van der Waals surface area contributed by atoms with Gasteiger partial charge in [-0.3, -0.25) is 5.32 Å². The van der Waals surface area contributed by atoms with Gasteiger partial charge in [0.15, 0.2) is 0 Å². The minimum Gasteiger partial charge on any atom is -0.464 e. The number of nitrogens with one attached hydrogen (secondary N) is 2. The van der Waals surface area contributed by atoms with E-state index in [1.165, 1.54) is 38.5 Å². The van der Waals surface area contributed by atoms with Crippen molar-refractivity contribution in [3.05, 3.63) is 72.5 Å². The highest BCUT2D eigenvalue weighted by Crippen LogP contribution is 2.29. The summed E-state index contributed by atoms with van der Waals surface area (Å²) in [6.45, 7) is 2.87. The van der Waals surface area contributed by atoms with Crippen LogP contribution in [0.15, 0.2) is 71.3 Å². The second-order valence-corrected chi connectivity index (χ2v) is 8.70. The summed E-state index contributed by atoms with van der Waals surface area (Å²) in [6.07, 6.45) is 9.12. The Hall–Kier alpha value is -3.05. The molecule has 1 unspecified atom stereocenters. The molecule has 2 aromatic carbocycles. The van der Waals surface area contributed by atoms with Crippen LogP contribution in [0.3, 0.4) is 0 Å². The fourth-order valence-electron chi connectivity index (χ4n) is 4.47. The molecule has 32 heavy (non-hydrogen) atoms. The van der Waals surface area contributed by atoms with Gasteiger partial charge in [-0.1, -0.05) is 50.3 Å². The molecule has 4 rings (SSSR count). The quantitative estimate of drug-likeness (QED) is 0.402. The van der Waals surface area contributed by atoms with Gasteiger partial charge in [-0.15, -0.1) is 0 Å². The molecule has 0 aliphatic heterocycles. The second-order valence-electron chi connectivity index (χ2n) is 8.70. The Morgan fingerprint density at radius 1 is 1.06 bits per heavy atom. The van der Waals surface area contributed by atoms with Gasteiger partial charge in [-0.05, 0) is 61.7 Å². The molecular weight excluding hydrogens is 400 g/mol. The van der Waals surface area contributed by atoms with Crippen LogP contribution in [0.5, 0.6) is 5.75 Å². The minimum absolute atomic E-state index is 0.399. The Bertz CT molecular complexity index is 979. The maximum absolute atomic E-state index is 12.5. The number of hydrogen-bond acceptors (Lipinski definition) is 4. The van der Waals surface area contributed by atoms with Crippen LogP contribution < -0.4 is 15.4 Å². The van der Waals surface area contributed by atoms with E-state index in [1.54, 1.807) is 6.26 Å². The number of furan rings is 1. The van der Waals surface area contributed by atoms with E-state index in [4.69, 9.17) is 9.15 Å². The summed E-state index contributed by atoms with van der Waals surface area (Å²) in [6, 6.07) is 19.3. The first-order valence-corrected chi connectivity index (χ1v) is 11.6. The Morgan fingerprint density at radius 3 is 2.62 bits per heavy atom. The van der Waals surface area contributed by atoms with Crippen molar-refractivity contribution in [3.8, 4) is 17.1 Å². The molecule has 0 radical (unpaired) electrons. The standard InChI is InChI=1S/C27H32N2O3/c1-20(17-21-9-4-2-5-10-21)28-19-23-18-22(25-13-8-16-31-25)14-15-26(23)32-27(30)29-24-11-6-3-7-12-24/h3,6-8,11-16,18,20-21,28H,2,4-5,9-10,17,19H2,1H3,(H,29,30). The summed E-state index contributed by atoms with van der Waals surface area (Å²) in [5.41, 5.74) is 2.59. The van der Waals surface area contributed by atoms with Gasteiger partial charge in [-0.25, -0.2) is 4.79 Å². The van der Waals surface area contributed by atoms with Gasteiger partial charge in [0.05, 0.1) is 6.26 Å². The van der Waals surface area contributed by atoms with Crippen molar-refractivity contribution in [1.82, 2.24) is 5.32 Å². The largest absolute Gasteiger partial charge is 0.464 e. The summed E-state index contributed by atoms with van der Waals surface area (Å²) in [5, 5.41) is 6.42. The zero-order valence-corrected chi connectivity index (χ0v) is 18.7. The highest BCUT2D eigenvalue weighted by atomic mass is 16.6. The fraction of sp³-hybridized carbons (Fsp3) is 0.370. The van der Waals surface area contributed by atoms with Gasteiger partial charge in [0.25, 0.3) is 0 Å². The average molecular weight is 433 g/mol. The number of para-hydroxylation sites is 1. The van der Waals surface area contributed by atoms with Crippen LogP contribution >= 0.6 is 0 Å². The van der Waals surface area contributed by atoms with Gasteiger partial charge >= 0.3 is 6.09 Å². The van der Waals surface area contributed by atoms with Crippen LogP contribution in [0, 0.1) is 5.92 Å². The molecule has 1 heterocycles. The lowest BCUT2D eigenvalue weighted by molar-refractivity contribution is 0.214. The first kappa shape index (κ1) is 22.2. The maximum atomic E-state index is 12.5. The van der Waals surface area contributed by atoms with Crippen LogP contribution in [-0.4, -0.2) is 12.1 Å². The molecule has 2 N–H and O–H groups in total. The van der Waals surface area contributed by atoms with E-state index in [2.05, 4.69) is 17.6 Å². The van der Waals surface area contributed by atoms with Crippen molar-refractivity contribution in [2.45, 2.75) is 58.0 Å². The summed E-state index contributed by atoms with van der Waals surface area (Å²) >= 11 is 0. The van der Waals surface area contributed by atoms with Crippen LogP contribution in [0.4, 0.5) is 10.5 Å². The van der Waals surface area contributed by atoms with E-state index in [9.17, 15) is 4.79 Å². The molecule has 168 valence electrons. The summed E-state index contributed by atoms with van der Waals surface area (Å²) in [5.74, 6) is 2.15. The van der Waals surface area contributed by atoms with E-state index < -0.39 is 6.09 Å². The SMILES string of the molecule is CC(CC1CCCCC1)NCc1cc(-c2ccco2)ccc1OC(=O)Nc1ccccc1. The number of anilines is 1. The molecule has 0 spiro atoms. The Labute approximate surface area is 190 Å². The van der Waals surface area contributed by atoms with Crippen LogP contribution in [0.25, 0.3) is 11.3 Å². The molecule has 0 saturated heterocycles. The molecule has 1 atom stereocenters. The number of ether oxygens (including phenoxy) is 1. The molecule has 0 bridgehead atoms. The third-order valence-corrected chi connectivity index (χ3v) is 6.14. The highest BCUT2D eigenvalue weighted by molar-refractivity contribution is 5.86. The number of hydrogen-bond donors (Lipinski definition) is 2. The zero-order valence-electron chi connectivity index (χ0n) is 18.7. The third-order valence-electron chi connectivity index (χ3n) is 6.14. The number of carbonyl (C=O) groups is 1. The first-order valence-electron chi connectivity index (χ1n) is 11.6. The van der Waals surface area contributed by atoms with E-state index >= 15 is 0 Å². The van der Waals surface area contributed by atoms with Crippen molar-refractivity contribution in [2.75, 3.05) is 5.32 Å². The normalized spacial score (nSPS) is 15.3. The van der Waals surface area contributed by atoms with Gasteiger partial charge in [-0.2, -0.15) is 0 Å². The second kappa shape index (κ2) is 11.0. The summed E-state index contributed by atoms with van der Waals surface area (Å²) in [4.78, 5) is 12.5. The fourth-order valence-corrected chi connectivity index (χ4v) is 4.47. The van der Waals surface area contributed by atoms with Gasteiger partial charge < -0.3 is 14.5 Å². The van der Waals surface area contributed by atoms with Crippen molar-refractivity contribution < 1.29 is 13.9 Å². The molecule has 5 nitrogen and oxygen atoms in total. The van der Waals surface area contributed by atoms with Crippen LogP contribution in [0.1, 0.15) is 51.0 Å². The van der Waals surface area contributed by atoms with E-state index in [0.717, 1.165) is 22.8 Å². The van der Waals surface area contributed by atoms with E-state index in [1.807, 2.05) is 60.7 Å². The number of rotatable bonds is 8. The molecule has 1 saturated carbocycles. The van der Waals surface area contributed by atoms with Crippen molar-refractivity contribution in [3.63, 3.8) is 0 Å². The molecule has 1 aromatic heterocycles. The Kier molecular flexibility index (Phi) is 7.62. The van der Waals surface area contributed by atoms with Crippen LogP contribution in [0.2, 0.25) is 0 Å². The van der Waals surface area contributed by atoms with Crippen molar-refractivity contribution in [1.29, 1.82) is 0 Å². The molecule has 3 aromatic rings. The van der Waals surface area contributed by atoms with Crippen molar-refractivity contribution in [2.24, 2.45) is 5.92 Å². The molecule has 1 amide bonds. The number of carbonyl (C=O) groups excluding carboxylic acids is 1. The average Bonchev–Trinajstić information content (AvgIpc) is 3.35. The lowest BCUT2D eigenvalue weighted by Gasteiger charge is -2.25. The third kappa shape index (κ3) is 6.24. The first-order chi connectivity index (χ1) is 15.7. The highest BCUT2D eigenvalue weighted by Gasteiger charge is 2.17. The molecule has 5 heteroatoms. The lowest BCUT2D eigenvalue weighted by atomic mass is 9.85. The lowest BCUT2D eigenvalue weighted by Crippen LogP contribution is -2.29. The predicted octanol–water partition coefficient (Wildman–Crippen LogP) is 7.01. The maximum Gasteiger partial charge on any atom is 0.417 e. The monoisotopic (exact) mass is 432 g/mol. The predicted molar refractivity (Wildman–Crippen MR) is 128 cm³/mol. The molecule has 1 aliphatic rings. The molecule has 1 aliphatic carbocycles. The van der Waals surface area contributed by atoms with E-state index in [0.29, 0.717) is 24.0 Å². The van der Waals surface area contributed by atoms with Crippen molar-refractivity contribution >= 4 is 11.8 Å². The minimum atomic E-state index is -0.501. The molecular formula is C27H32N2O3. The number of benzene rings is 2. The van der Waals surface area contributed by atoms with Gasteiger partial charge in [0.2, 0.25) is 0 Å². The summed E-state index contributed by atoms with van der Waals surface area (Å²) in [7, 11) is 0. The Balaban J connectivity index is 1.44. The van der Waals surface area contributed by atoms with Gasteiger partial charge in [0, 0.05) is 29.4 Å². The topological polar surface area (TPSA) is 63.5 Å². The number of amides is 1. The summed E-state index contributed by atoms with van der Waals surface area (Å²) < 4.78 is 11.2.